The summed E-state index contributed by atoms with van der Waals surface area (Å²) in [6.45, 7) is 0.657. The van der Waals surface area contributed by atoms with Crippen LogP contribution < -0.4 is 4.74 Å². The van der Waals surface area contributed by atoms with Crippen LogP contribution in [-0.4, -0.2) is 30.0 Å². The van der Waals surface area contributed by atoms with E-state index >= 15 is 0 Å². The van der Waals surface area contributed by atoms with E-state index in [9.17, 15) is 0 Å². The van der Waals surface area contributed by atoms with Gasteiger partial charge in [-0.15, -0.1) is 0 Å². The van der Waals surface area contributed by atoms with Gasteiger partial charge in [-0.1, -0.05) is 36.8 Å². The van der Waals surface area contributed by atoms with Crippen LogP contribution in [0.15, 0.2) is 24.3 Å². The molecule has 3 nitrogen and oxygen atoms in total. The summed E-state index contributed by atoms with van der Waals surface area (Å²) in [4.78, 5) is 0. The van der Waals surface area contributed by atoms with Crippen LogP contribution in [0.5, 0.6) is 5.75 Å². The average Bonchev–Trinajstić information content (AvgIpc) is 2.94. The van der Waals surface area contributed by atoms with Crippen LogP contribution in [0, 0.1) is 11.8 Å². The van der Waals surface area contributed by atoms with Gasteiger partial charge >= 0.3 is 0 Å². The number of para-hydroxylation sites is 1. The van der Waals surface area contributed by atoms with Crippen molar-refractivity contribution in [3.63, 3.8) is 0 Å². The number of rotatable bonds is 2. The second-order valence-corrected chi connectivity index (χ2v) is 5.93. The average molecular weight is 286 g/mol. The Morgan fingerprint density at radius 3 is 2.90 bits per heavy atom. The van der Waals surface area contributed by atoms with Gasteiger partial charge in [-0.2, -0.15) is 0 Å². The van der Waals surface area contributed by atoms with E-state index in [1.165, 1.54) is 25.7 Å². The molecule has 3 heteroatoms. The summed E-state index contributed by atoms with van der Waals surface area (Å²) in [5.41, 5.74) is 0.910. The molecule has 1 heterocycles. The highest BCUT2D eigenvalue weighted by Gasteiger charge is 2.40. The van der Waals surface area contributed by atoms with E-state index < -0.39 is 0 Å². The zero-order chi connectivity index (χ0) is 14.5. The van der Waals surface area contributed by atoms with Crippen LogP contribution in [0.1, 0.15) is 44.1 Å². The first-order valence-electron chi connectivity index (χ1n) is 7.81. The Balaban J connectivity index is 1.71. The second kappa shape index (κ2) is 6.51. The fourth-order valence-corrected chi connectivity index (χ4v) is 3.44. The van der Waals surface area contributed by atoms with Crippen molar-refractivity contribution in [2.75, 3.05) is 13.2 Å². The molecule has 2 aliphatic rings. The van der Waals surface area contributed by atoms with Crippen molar-refractivity contribution < 1.29 is 14.6 Å². The highest BCUT2D eigenvalue weighted by atomic mass is 16.5. The number of ether oxygens (including phenoxy) is 2. The third kappa shape index (κ3) is 3.40. The third-order valence-electron chi connectivity index (χ3n) is 4.45. The van der Waals surface area contributed by atoms with Crippen LogP contribution in [0.4, 0.5) is 0 Å². The molecule has 2 fully saturated rings. The van der Waals surface area contributed by atoms with Gasteiger partial charge in [0, 0.05) is 12.8 Å². The molecule has 1 aromatic carbocycles. The van der Waals surface area contributed by atoms with Crippen molar-refractivity contribution in [1.29, 1.82) is 0 Å². The van der Waals surface area contributed by atoms with Gasteiger partial charge in [-0.05, 0) is 25.0 Å². The molecule has 21 heavy (non-hydrogen) atoms. The molecule has 0 bridgehead atoms. The van der Waals surface area contributed by atoms with Crippen LogP contribution in [0.3, 0.4) is 0 Å². The molecule has 1 N–H and O–H groups in total. The smallest absolute Gasteiger partial charge is 0.135 e. The highest BCUT2D eigenvalue weighted by molar-refractivity contribution is 5.46. The fraction of sp³-hybridized carbons (Fsp3) is 0.556. The first-order valence-corrected chi connectivity index (χ1v) is 7.81. The Bertz CT molecular complexity index is 535. The van der Waals surface area contributed by atoms with E-state index in [0.29, 0.717) is 0 Å². The summed E-state index contributed by atoms with van der Waals surface area (Å²) < 4.78 is 12.3. The van der Waals surface area contributed by atoms with Gasteiger partial charge in [0.05, 0.1) is 17.8 Å². The lowest BCUT2D eigenvalue weighted by Crippen LogP contribution is -2.41. The SMILES string of the molecule is OCC#Cc1ccccc1OC1CCOC2(CCCC2)C1. The number of hydrogen-bond acceptors (Lipinski definition) is 3. The molecule has 1 atom stereocenters. The molecule has 1 aromatic rings. The zero-order valence-electron chi connectivity index (χ0n) is 12.3. The maximum Gasteiger partial charge on any atom is 0.135 e. The summed E-state index contributed by atoms with van der Waals surface area (Å²) in [5, 5.41) is 8.85. The minimum Gasteiger partial charge on any atom is -0.489 e. The largest absolute Gasteiger partial charge is 0.489 e. The van der Waals surface area contributed by atoms with Gasteiger partial charge in [0.25, 0.3) is 0 Å². The summed E-state index contributed by atoms with van der Waals surface area (Å²) >= 11 is 0. The van der Waals surface area contributed by atoms with Crippen LogP contribution in [-0.2, 0) is 4.74 Å². The molecule has 1 aliphatic heterocycles. The van der Waals surface area contributed by atoms with Crippen LogP contribution in [0.25, 0.3) is 0 Å². The molecule has 1 aliphatic carbocycles. The van der Waals surface area contributed by atoms with Crippen molar-refractivity contribution in [2.24, 2.45) is 0 Å². The van der Waals surface area contributed by atoms with E-state index in [-0.39, 0.29) is 18.3 Å². The molecule has 1 unspecified atom stereocenters. The minimum atomic E-state index is -0.130. The molecule has 0 aromatic heterocycles. The molecule has 1 spiro atoms. The van der Waals surface area contributed by atoms with Crippen molar-refractivity contribution >= 4 is 0 Å². The van der Waals surface area contributed by atoms with Crippen molar-refractivity contribution in [3.05, 3.63) is 29.8 Å². The highest BCUT2D eigenvalue weighted by Crippen LogP contribution is 2.41. The molecular formula is C18H22O3. The minimum absolute atomic E-state index is 0.0641. The Labute approximate surface area is 126 Å². The predicted octanol–water partition coefficient (Wildman–Crippen LogP) is 2.90. The van der Waals surface area contributed by atoms with Crippen molar-refractivity contribution in [1.82, 2.24) is 0 Å². The summed E-state index contributed by atoms with van der Waals surface area (Å²) in [5.74, 6) is 6.47. The van der Waals surface area contributed by atoms with Crippen LogP contribution in [0.2, 0.25) is 0 Å². The van der Waals surface area contributed by atoms with E-state index in [1.807, 2.05) is 24.3 Å². The van der Waals surface area contributed by atoms with Gasteiger partial charge in [0.15, 0.2) is 0 Å². The van der Waals surface area contributed by atoms with E-state index in [1.54, 1.807) is 0 Å². The van der Waals surface area contributed by atoms with E-state index in [2.05, 4.69) is 11.8 Å². The standard InChI is InChI=1S/C18H22O3/c19-12-5-7-15-6-1-2-8-17(15)21-16-9-13-20-18(14-16)10-3-4-11-18/h1-2,6,8,16,19H,3-4,9-14H2. The Kier molecular flexibility index (Phi) is 4.48. The maximum absolute atomic E-state index is 8.85. The molecule has 112 valence electrons. The lowest BCUT2D eigenvalue weighted by molar-refractivity contribution is -0.108. The lowest BCUT2D eigenvalue weighted by Gasteiger charge is -2.38. The van der Waals surface area contributed by atoms with Gasteiger partial charge in [-0.25, -0.2) is 0 Å². The fourth-order valence-electron chi connectivity index (χ4n) is 3.44. The first-order chi connectivity index (χ1) is 10.3. The van der Waals surface area contributed by atoms with Crippen molar-refractivity contribution in [2.45, 2.75) is 50.2 Å². The summed E-state index contributed by atoms with van der Waals surface area (Å²) in [6.07, 6.45) is 6.99. The van der Waals surface area contributed by atoms with Crippen molar-refractivity contribution in [3.8, 4) is 17.6 Å². The quantitative estimate of drug-likeness (QED) is 0.850. The molecule has 3 rings (SSSR count). The molecule has 0 radical (unpaired) electrons. The molecular weight excluding hydrogens is 264 g/mol. The van der Waals surface area contributed by atoms with Gasteiger partial charge in [0.2, 0.25) is 0 Å². The van der Waals surface area contributed by atoms with E-state index in [0.717, 1.165) is 30.8 Å². The second-order valence-electron chi connectivity index (χ2n) is 5.93. The number of hydrogen-bond donors (Lipinski definition) is 1. The zero-order valence-corrected chi connectivity index (χ0v) is 12.3. The normalized spacial score (nSPS) is 23.6. The maximum atomic E-state index is 8.85. The number of aliphatic hydroxyl groups is 1. The predicted molar refractivity (Wildman–Crippen MR) is 81.2 cm³/mol. The van der Waals surface area contributed by atoms with Gasteiger partial charge in [0.1, 0.15) is 18.5 Å². The summed E-state index contributed by atoms with van der Waals surface area (Å²) in [7, 11) is 0. The van der Waals surface area contributed by atoms with Gasteiger partial charge < -0.3 is 14.6 Å². The molecule has 1 saturated heterocycles. The molecule has 1 saturated carbocycles. The number of aliphatic hydroxyl groups excluding tert-OH is 1. The lowest BCUT2D eigenvalue weighted by atomic mass is 9.90. The topological polar surface area (TPSA) is 38.7 Å². The van der Waals surface area contributed by atoms with Gasteiger partial charge in [-0.3, -0.25) is 0 Å². The third-order valence-corrected chi connectivity index (χ3v) is 4.45. The Hall–Kier alpha value is -1.50. The first kappa shape index (κ1) is 14.4. The molecule has 0 amide bonds. The monoisotopic (exact) mass is 286 g/mol. The number of benzene rings is 1. The Morgan fingerprint density at radius 1 is 1.29 bits per heavy atom. The summed E-state index contributed by atoms with van der Waals surface area (Å²) in [6, 6.07) is 7.79. The van der Waals surface area contributed by atoms with E-state index in [4.69, 9.17) is 14.6 Å². The Morgan fingerprint density at radius 2 is 2.10 bits per heavy atom. The van der Waals surface area contributed by atoms with Crippen LogP contribution >= 0.6 is 0 Å².